The summed E-state index contributed by atoms with van der Waals surface area (Å²) in [7, 11) is 1.62. The molecule has 1 fully saturated rings. The van der Waals surface area contributed by atoms with Gasteiger partial charge in [0.2, 0.25) is 0 Å². The second kappa shape index (κ2) is 11.5. The molecule has 0 saturated carbocycles. The fraction of sp³-hybridized carbons (Fsp3) is 0.310. The van der Waals surface area contributed by atoms with Crippen molar-refractivity contribution in [3.8, 4) is 11.5 Å². The van der Waals surface area contributed by atoms with Crippen molar-refractivity contribution in [2.45, 2.75) is 13.2 Å². The molecule has 3 aromatic carbocycles. The van der Waals surface area contributed by atoms with Crippen LogP contribution in [0.5, 0.6) is 11.5 Å². The number of rotatable bonds is 9. The Hall–Kier alpha value is -3.88. The van der Waals surface area contributed by atoms with Crippen LogP contribution in [-0.4, -0.2) is 77.0 Å². The van der Waals surface area contributed by atoms with Crippen molar-refractivity contribution < 1.29 is 19.4 Å². The van der Waals surface area contributed by atoms with Crippen LogP contribution in [0.3, 0.4) is 0 Å². The van der Waals surface area contributed by atoms with Crippen LogP contribution < -0.4 is 9.47 Å². The van der Waals surface area contributed by atoms with E-state index in [1.807, 2.05) is 82.4 Å². The summed E-state index contributed by atoms with van der Waals surface area (Å²) in [5.41, 5.74) is 3.50. The topological polar surface area (TPSA) is 80.1 Å². The molecule has 0 unspecified atom stereocenters. The van der Waals surface area contributed by atoms with Crippen molar-refractivity contribution in [3.63, 3.8) is 0 Å². The van der Waals surface area contributed by atoms with Crippen LogP contribution in [0.25, 0.3) is 10.9 Å². The summed E-state index contributed by atoms with van der Waals surface area (Å²) < 4.78 is 13.2. The average Bonchev–Trinajstić information content (AvgIpc) is 3.30. The van der Waals surface area contributed by atoms with E-state index in [1.165, 1.54) is 0 Å². The normalized spacial score (nSPS) is 14.2. The number of aliphatic hydroxyl groups is 1. The van der Waals surface area contributed by atoms with Gasteiger partial charge < -0.3 is 19.5 Å². The lowest BCUT2D eigenvalue weighted by Crippen LogP contribution is -2.49. The number of aromatic nitrogens is 2. The Kier molecular flexibility index (Phi) is 7.67. The van der Waals surface area contributed by atoms with E-state index in [0.717, 1.165) is 40.9 Å². The average molecular weight is 501 g/mol. The quantitative estimate of drug-likeness (QED) is 0.379. The fourth-order valence-corrected chi connectivity index (χ4v) is 4.63. The molecule has 37 heavy (non-hydrogen) atoms. The molecular weight excluding hydrogens is 468 g/mol. The van der Waals surface area contributed by atoms with Gasteiger partial charge in [-0.25, -0.2) is 0 Å². The first-order valence-corrected chi connectivity index (χ1v) is 12.6. The second-order valence-corrected chi connectivity index (χ2v) is 9.17. The lowest BCUT2D eigenvalue weighted by molar-refractivity contribution is 0.0610. The molecule has 4 aromatic rings. The molecule has 8 nitrogen and oxygen atoms in total. The summed E-state index contributed by atoms with van der Waals surface area (Å²) in [5, 5.41) is 14.8. The van der Waals surface area contributed by atoms with Crippen LogP contribution in [0.1, 0.15) is 21.6 Å². The van der Waals surface area contributed by atoms with Crippen LogP contribution in [0.15, 0.2) is 72.8 Å². The summed E-state index contributed by atoms with van der Waals surface area (Å²) in [6.45, 7) is 4.52. The molecule has 1 N–H and O–H groups in total. The summed E-state index contributed by atoms with van der Waals surface area (Å²) >= 11 is 0. The van der Waals surface area contributed by atoms with Crippen LogP contribution >= 0.6 is 0 Å². The number of benzene rings is 3. The van der Waals surface area contributed by atoms with E-state index in [2.05, 4.69) is 4.90 Å². The number of piperazine rings is 1. The molecule has 8 heteroatoms. The summed E-state index contributed by atoms with van der Waals surface area (Å²) in [6, 6.07) is 23.8. The van der Waals surface area contributed by atoms with Crippen LogP contribution in [0, 0.1) is 0 Å². The molecule has 0 bridgehead atoms. The first-order chi connectivity index (χ1) is 18.1. The Morgan fingerprint density at radius 2 is 1.65 bits per heavy atom. The molecule has 1 aliphatic rings. The lowest BCUT2D eigenvalue weighted by Gasteiger charge is -2.34. The Morgan fingerprint density at radius 3 is 2.35 bits per heavy atom. The van der Waals surface area contributed by atoms with Crippen molar-refractivity contribution in [2.24, 2.45) is 0 Å². The third kappa shape index (κ3) is 5.76. The number of carbonyl (C=O) groups is 1. The summed E-state index contributed by atoms with van der Waals surface area (Å²) in [5.74, 6) is 1.41. The molecule has 0 radical (unpaired) electrons. The maximum Gasteiger partial charge on any atom is 0.275 e. The molecule has 0 atom stereocenters. The number of carbonyl (C=O) groups excluding carboxylic acids is 1. The van der Waals surface area contributed by atoms with Crippen molar-refractivity contribution in [2.75, 3.05) is 46.4 Å². The first kappa shape index (κ1) is 24.8. The molecule has 1 aromatic heterocycles. The van der Waals surface area contributed by atoms with Gasteiger partial charge in [0.1, 0.15) is 18.1 Å². The number of hydrogen-bond donors (Lipinski definition) is 1. The Balaban J connectivity index is 1.34. The predicted octanol–water partition coefficient (Wildman–Crippen LogP) is 3.42. The number of nitrogens with zero attached hydrogens (tertiary/aromatic N) is 4. The fourth-order valence-electron chi connectivity index (χ4n) is 4.63. The Bertz CT molecular complexity index is 1330. The highest BCUT2D eigenvalue weighted by atomic mass is 16.5. The standard InChI is InChI=1S/C29H32N4O4/c1-36-25-11-12-27-26(19-25)28(29(35)32-15-13-31(14-16-32)17-18-34)30-33(27)20-22-7-9-24(10-8-22)37-21-23-5-3-2-4-6-23/h2-12,19,34H,13-18,20-21H2,1H3. The molecule has 192 valence electrons. The van der Waals surface area contributed by atoms with Gasteiger partial charge in [-0.1, -0.05) is 42.5 Å². The van der Waals surface area contributed by atoms with Gasteiger partial charge in [-0.3, -0.25) is 14.4 Å². The smallest absolute Gasteiger partial charge is 0.275 e. The maximum absolute atomic E-state index is 13.5. The van der Waals surface area contributed by atoms with Gasteiger partial charge in [0.15, 0.2) is 5.69 Å². The van der Waals surface area contributed by atoms with E-state index in [-0.39, 0.29) is 12.5 Å². The zero-order chi connectivity index (χ0) is 25.6. The molecule has 1 amide bonds. The monoisotopic (exact) mass is 500 g/mol. The lowest BCUT2D eigenvalue weighted by atomic mass is 10.1. The highest BCUT2D eigenvalue weighted by Gasteiger charge is 2.26. The minimum Gasteiger partial charge on any atom is -0.497 e. The van der Waals surface area contributed by atoms with Gasteiger partial charge in [-0.05, 0) is 41.5 Å². The molecule has 0 spiro atoms. The number of methoxy groups -OCH3 is 1. The Labute approximate surface area is 216 Å². The number of amides is 1. The summed E-state index contributed by atoms with van der Waals surface area (Å²) in [6.07, 6.45) is 0. The molecule has 2 heterocycles. The van der Waals surface area contributed by atoms with E-state index in [4.69, 9.17) is 14.6 Å². The van der Waals surface area contributed by atoms with Crippen LogP contribution in [-0.2, 0) is 13.2 Å². The summed E-state index contributed by atoms with van der Waals surface area (Å²) in [4.78, 5) is 17.5. The molecule has 5 rings (SSSR count). The largest absolute Gasteiger partial charge is 0.497 e. The maximum atomic E-state index is 13.5. The molecule has 1 saturated heterocycles. The van der Waals surface area contributed by atoms with E-state index < -0.39 is 0 Å². The third-order valence-corrected chi connectivity index (χ3v) is 6.74. The van der Waals surface area contributed by atoms with Gasteiger partial charge in [-0.2, -0.15) is 5.10 Å². The van der Waals surface area contributed by atoms with Gasteiger partial charge in [0.05, 0.1) is 25.8 Å². The van der Waals surface area contributed by atoms with E-state index in [1.54, 1.807) is 7.11 Å². The minimum atomic E-state index is -0.0784. The Morgan fingerprint density at radius 1 is 0.919 bits per heavy atom. The van der Waals surface area contributed by atoms with Gasteiger partial charge >= 0.3 is 0 Å². The van der Waals surface area contributed by atoms with Crippen molar-refractivity contribution in [3.05, 3.63) is 89.6 Å². The SMILES string of the molecule is COc1ccc2c(c1)c(C(=O)N1CCN(CCO)CC1)nn2Cc1ccc(OCc2ccccc2)cc1. The highest BCUT2D eigenvalue weighted by molar-refractivity contribution is 6.05. The van der Waals surface area contributed by atoms with Gasteiger partial charge in [-0.15, -0.1) is 0 Å². The van der Waals surface area contributed by atoms with Crippen LogP contribution in [0.2, 0.25) is 0 Å². The zero-order valence-electron chi connectivity index (χ0n) is 21.0. The molecular formula is C29H32N4O4. The van der Waals surface area contributed by atoms with E-state index in [9.17, 15) is 9.90 Å². The highest BCUT2D eigenvalue weighted by Crippen LogP contribution is 2.26. The van der Waals surface area contributed by atoms with E-state index in [0.29, 0.717) is 44.2 Å². The minimum absolute atomic E-state index is 0.0784. The zero-order valence-corrected chi connectivity index (χ0v) is 21.0. The van der Waals surface area contributed by atoms with Gasteiger partial charge in [0, 0.05) is 38.1 Å². The number of hydrogen-bond acceptors (Lipinski definition) is 6. The number of β-amino-alcohol motifs (C(OH)–C–C–N with tert-alkyl or cyclic N) is 1. The van der Waals surface area contributed by atoms with Crippen molar-refractivity contribution in [1.29, 1.82) is 0 Å². The van der Waals surface area contributed by atoms with E-state index >= 15 is 0 Å². The number of aliphatic hydroxyl groups excluding tert-OH is 1. The predicted molar refractivity (Wildman–Crippen MR) is 142 cm³/mol. The number of fused-ring (bicyclic) bond motifs is 1. The molecule has 0 aliphatic carbocycles. The first-order valence-electron chi connectivity index (χ1n) is 12.6. The van der Waals surface area contributed by atoms with Crippen molar-refractivity contribution >= 4 is 16.8 Å². The van der Waals surface area contributed by atoms with Gasteiger partial charge in [0.25, 0.3) is 5.91 Å². The third-order valence-electron chi connectivity index (χ3n) is 6.74. The second-order valence-electron chi connectivity index (χ2n) is 9.17. The number of ether oxygens (including phenoxy) is 2. The van der Waals surface area contributed by atoms with Crippen molar-refractivity contribution in [1.82, 2.24) is 19.6 Å². The van der Waals surface area contributed by atoms with Crippen LogP contribution in [0.4, 0.5) is 0 Å². The molecule has 1 aliphatic heterocycles.